The first-order valence-corrected chi connectivity index (χ1v) is 7.42. The lowest BCUT2D eigenvalue weighted by atomic mass is 10.2. The van der Waals surface area contributed by atoms with Crippen molar-refractivity contribution in [1.29, 1.82) is 0 Å². The maximum Gasteiger partial charge on any atom is 0.223 e. The predicted octanol–water partition coefficient (Wildman–Crippen LogP) is 3.04. The van der Waals surface area contributed by atoms with Crippen molar-refractivity contribution >= 4 is 41.5 Å². The second kappa shape index (κ2) is 8.69. The minimum Gasteiger partial charge on any atom is -0.493 e. The molecule has 1 fully saturated rings. The number of hydrogen-bond donors (Lipinski definition) is 2. The first-order valence-electron chi connectivity index (χ1n) is 6.66. The molecule has 1 aromatic carbocycles. The topological polar surface area (TPSA) is 64.3 Å². The number of halogens is 3. The number of carbonyl (C=O) groups is 1. The molecule has 1 atom stereocenters. The number of rotatable bonds is 7. The third-order valence-corrected chi connectivity index (χ3v) is 3.99. The molecule has 4 nitrogen and oxygen atoms in total. The Labute approximate surface area is 140 Å². The first-order chi connectivity index (χ1) is 9.56. The van der Waals surface area contributed by atoms with E-state index in [1.165, 1.54) is 12.8 Å². The molecule has 0 bridgehead atoms. The highest BCUT2D eigenvalue weighted by Crippen LogP contribution is 2.31. The summed E-state index contributed by atoms with van der Waals surface area (Å²) in [5, 5.41) is 3.73. The largest absolute Gasteiger partial charge is 0.493 e. The van der Waals surface area contributed by atoms with Crippen LogP contribution in [0.5, 0.6) is 5.75 Å². The van der Waals surface area contributed by atoms with E-state index in [1.54, 1.807) is 18.2 Å². The molecule has 1 unspecified atom stereocenters. The summed E-state index contributed by atoms with van der Waals surface area (Å²) in [5.74, 6) is 1.13. The van der Waals surface area contributed by atoms with E-state index in [0.29, 0.717) is 34.9 Å². The lowest BCUT2D eigenvalue weighted by Crippen LogP contribution is -2.38. The Morgan fingerprint density at radius 2 is 2.10 bits per heavy atom. The van der Waals surface area contributed by atoms with Gasteiger partial charge in [0.05, 0.1) is 23.1 Å². The maximum absolute atomic E-state index is 11.6. The molecule has 2 rings (SSSR count). The Morgan fingerprint density at radius 3 is 2.71 bits per heavy atom. The van der Waals surface area contributed by atoms with Crippen molar-refractivity contribution in [3.8, 4) is 5.75 Å². The Kier molecular flexibility index (Phi) is 7.60. The molecule has 0 radical (unpaired) electrons. The molecule has 0 aromatic heterocycles. The monoisotopic (exact) mass is 352 g/mol. The molecular weight excluding hydrogens is 335 g/mol. The van der Waals surface area contributed by atoms with Gasteiger partial charge in [0.15, 0.2) is 0 Å². The number of benzene rings is 1. The highest BCUT2D eigenvalue weighted by atomic mass is 35.5. The van der Waals surface area contributed by atoms with E-state index >= 15 is 0 Å². The van der Waals surface area contributed by atoms with E-state index < -0.39 is 0 Å². The SMILES string of the molecule is Cl.NC(CNC(=O)CCOc1ccc(Cl)c(Cl)c1)C1CC1. The molecule has 0 heterocycles. The van der Waals surface area contributed by atoms with Gasteiger partial charge in [0, 0.05) is 18.7 Å². The van der Waals surface area contributed by atoms with Crippen LogP contribution in [-0.4, -0.2) is 25.1 Å². The molecule has 0 saturated heterocycles. The van der Waals surface area contributed by atoms with E-state index in [1.807, 2.05) is 0 Å². The predicted molar refractivity (Wildman–Crippen MR) is 87.5 cm³/mol. The molecule has 0 aliphatic heterocycles. The molecule has 1 aliphatic carbocycles. The molecule has 7 heteroatoms. The van der Waals surface area contributed by atoms with Gasteiger partial charge < -0.3 is 15.8 Å². The zero-order valence-corrected chi connectivity index (χ0v) is 13.8. The first kappa shape index (κ1) is 18.4. The van der Waals surface area contributed by atoms with Gasteiger partial charge in [-0.15, -0.1) is 12.4 Å². The van der Waals surface area contributed by atoms with Crippen LogP contribution in [-0.2, 0) is 4.79 Å². The fraction of sp³-hybridized carbons (Fsp3) is 0.500. The van der Waals surface area contributed by atoms with Gasteiger partial charge in [-0.25, -0.2) is 0 Å². The lowest BCUT2D eigenvalue weighted by Gasteiger charge is -2.12. The van der Waals surface area contributed by atoms with Crippen LogP contribution in [0.3, 0.4) is 0 Å². The number of nitrogens with two attached hydrogens (primary N) is 1. The van der Waals surface area contributed by atoms with Gasteiger partial charge in [0.2, 0.25) is 5.91 Å². The lowest BCUT2D eigenvalue weighted by molar-refractivity contribution is -0.121. The summed E-state index contributed by atoms with van der Waals surface area (Å²) in [6.45, 7) is 0.832. The fourth-order valence-corrected chi connectivity index (χ4v) is 2.13. The molecule has 1 amide bonds. The van der Waals surface area contributed by atoms with Crippen LogP contribution in [0, 0.1) is 5.92 Å². The van der Waals surface area contributed by atoms with Gasteiger partial charge in [0.1, 0.15) is 5.75 Å². The average molecular weight is 354 g/mol. The summed E-state index contributed by atoms with van der Waals surface area (Å²) in [4.78, 5) is 11.6. The number of nitrogens with one attached hydrogen (secondary N) is 1. The standard InChI is InChI=1S/C14H18Cl2N2O2.ClH/c15-11-4-3-10(7-12(11)16)20-6-5-14(19)18-8-13(17)9-1-2-9;/h3-4,7,9,13H,1-2,5-6,8,17H2,(H,18,19);1H. The third kappa shape index (κ3) is 6.30. The fourth-order valence-electron chi connectivity index (χ4n) is 1.84. The minimum atomic E-state index is -0.0545. The van der Waals surface area contributed by atoms with Crippen molar-refractivity contribution < 1.29 is 9.53 Å². The van der Waals surface area contributed by atoms with Crippen molar-refractivity contribution in [3.63, 3.8) is 0 Å². The number of ether oxygens (including phenoxy) is 1. The third-order valence-electron chi connectivity index (χ3n) is 3.25. The van der Waals surface area contributed by atoms with Crippen molar-refractivity contribution in [3.05, 3.63) is 28.2 Å². The zero-order chi connectivity index (χ0) is 14.5. The van der Waals surface area contributed by atoms with Gasteiger partial charge >= 0.3 is 0 Å². The Hall–Kier alpha value is -0.680. The molecule has 0 spiro atoms. The summed E-state index contributed by atoms with van der Waals surface area (Å²) in [6.07, 6.45) is 2.65. The van der Waals surface area contributed by atoms with Crippen molar-refractivity contribution in [2.24, 2.45) is 11.7 Å². The average Bonchev–Trinajstić information content (AvgIpc) is 3.24. The van der Waals surface area contributed by atoms with Gasteiger partial charge in [-0.3, -0.25) is 4.79 Å². The normalized spacial score (nSPS) is 15.0. The summed E-state index contributed by atoms with van der Waals surface area (Å²) in [6, 6.07) is 5.09. The van der Waals surface area contributed by atoms with E-state index in [4.69, 9.17) is 33.7 Å². The Balaban J connectivity index is 0.00000220. The van der Waals surface area contributed by atoms with Crippen LogP contribution < -0.4 is 15.8 Å². The zero-order valence-electron chi connectivity index (χ0n) is 11.5. The second-order valence-electron chi connectivity index (χ2n) is 4.98. The molecule has 3 N–H and O–H groups in total. The quantitative estimate of drug-likeness (QED) is 0.792. The molecule has 1 aliphatic rings. The van der Waals surface area contributed by atoms with Crippen LogP contribution in [0.4, 0.5) is 0 Å². The summed E-state index contributed by atoms with van der Waals surface area (Å²) < 4.78 is 5.44. The van der Waals surface area contributed by atoms with E-state index in [9.17, 15) is 4.79 Å². The van der Waals surface area contributed by atoms with Gasteiger partial charge in [0.25, 0.3) is 0 Å². The van der Waals surface area contributed by atoms with Crippen molar-refractivity contribution in [2.75, 3.05) is 13.2 Å². The maximum atomic E-state index is 11.6. The Bertz CT molecular complexity index is 481. The van der Waals surface area contributed by atoms with Gasteiger partial charge in [-0.05, 0) is 30.9 Å². The number of hydrogen-bond acceptors (Lipinski definition) is 3. The molecule has 1 aromatic rings. The van der Waals surface area contributed by atoms with Crippen molar-refractivity contribution in [1.82, 2.24) is 5.32 Å². The molecule has 118 valence electrons. The summed E-state index contributed by atoms with van der Waals surface area (Å²) in [5.41, 5.74) is 5.90. The number of carbonyl (C=O) groups excluding carboxylic acids is 1. The van der Waals surface area contributed by atoms with Crippen LogP contribution in [0.15, 0.2) is 18.2 Å². The van der Waals surface area contributed by atoms with Crippen LogP contribution in [0.25, 0.3) is 0 Å². The van der Waals surface area contributed by atoms with E-state index in [2.05, 4.69) is 5.32 Å². The number of amides is 1. The van der Waals surface area contributed by atoms with Crippen LogP contribution >= 0.6 is 35.6 Å². The highest BCUT2D eigenvalue weighted by Gasteiger charge is 2.28. The summed E-state index contributed by atoms with van der Waals surface area (Å²) in [7, 11) is 0. The van der Waals surface area contributed by atoms with E-state index in [-0.39, 0.29) is 30.8 Å². The van der Waals surface area contributed by atoms with Crippen LogP contribution in [0.2, 0.25) is 10.0 Å². The van der Waals surface area contributed by atoms with Gasteiger partial charge in [-0.2, -0.15) is 0 Å². The summed E-state index contributed by atoms with van der Waals surface area (Å²) >= 11 is 11.7. The smallest absolute Gasteiger partial charge is 0.223 e. The minimum absolute atomic E-state index is 0. The van der Waals surface area contributed by atoms with Gasteiger partial charge in [-0.1, -0.05) is 23.2 Å². The highest BCUT2D eigenvalue weighted by molar-refractivity contribution is 6.42. The molecular formula is C14H19Cl3N2O2. The van der Waals surface area contributed by atoms with Crippen LogP contribution in [0.1, 0.15) is 19.3 Å². The molecule has 1 saturated carbocycles. The Morgan fingerprint density at radius 1 is 1.38 bits per heavy atom. The molecule has 21 heavy (non-hydrogen) atoms. The second-order valence-corrected chi connectivity index (χ2v) is 5.79. The van der Waals surface area contributed by atoms with E-state index in [0.717, 1.165) is 0 Å². The van der Waals surface area contributed by atoms with Crippen molar-refractivity contribution in [2.45, 2.75) is 25.3 Å².